The molecule has 4 aromatic rings. The van der Waals surface area contributed by atoms with E-state index in [-0.39, 0.29) is 5.92 Å². The van der Waals surface area contributed by atoms with Crippen molar-refractivity contribution in [3.8, 4) is 34.0 Å². The molecule has 3 aromatic carbocycles. The molecule has 1 fully saturated rings. The largest absolute Gasteiger partial charge is 0.481 e. The Labute approximate surface area is 223 Å². The number of rotatable bonds is 5. The summed E-state index contributed by atoms with van der Waals surface area (Å²) < 4.78 is 45.3. The highest BCUT2D eigenvalue weighted by Crippen LogP contribution is 2.39. The third-order valence-electron chi connectivity index (χ3n) is 7.87. The monoisotopic (exact) mass is 533 g/mol. The second-order valence-electron chi connectivity index (χ2n) is 10.5. The van der Waals surface area contributed by atoms with Crippen molar-refractivity contribution in [1.82, 2.24) is 15.0 Å². The van der Waals surface area contributed by atoms with E-state index in [2.05, 4.69) is 27.2 Å². The quantitative estimate of drug-likeness (QED) is 0.301. The van der Waals surface area contributed by atoms with E-state index in [1.54, 1.807) is 6.07 Å². The number of benzene rings is 3. The molecule has 0 bridgehead atoms. The Morgan fingerprint density at radius 3 is 2.36 bits per heavy atom. The Balaban J connectivity index is 1.22. The summed E-state index contributed by atoms with van der Waals surface area (Å²) in [5.41, 5.74) is 6.11. The van der Waals surface area contributed by atoms with E-state index >= 15 is 0 Å². The van der Waals surface area contributed by atoms with Crippen molar-refractivity contribution in [2.24, 2.45) is 5.92 Å². The van der Waals surface area contributed by atoms with E-state index in [1.807, 2.05) is 32.0 Å². The fourth-order valence-electron chi connectivity index (χ4n) is 5.76. The van der Waals surface area contributed by atoms with Gasteiger partial charge >= 0.3 is 12.1 Å². The molecule has 0 atom stereocenters. The smallest absolute Gasteiger partial charge is 0.416 e. The molecule has 0 radical (unpaired) electrons. The number of hydrogen-bond acceptors (Lipinski definition) is 5. The van der Waals surface area contributed by atoms with Crippen LogP contribution in [-0.4, -0.2) is 32.2 Å². The van der Waals surface area contributed by atoms with Gasteiger partial charge in [0.2, 0.25) is 5.82 Å². The summed E-state index contributed by atoms with van der Waals surface area (Å²) in [6.45, 7) is 5.29. The molecule has 39 heavy (non-hydrogen) atoms. The fraction of sp³-hybridized carbons (Fsp3) is 0.300. The van der Waals surface area contributed by atoms with Gasteiger partial charge in [0.15, 0.2) is 0 Å². The van der Waals surface area contributed by atoms with Crippen molar-refractivity contribution >= 4 is 5.97 Å². The molecule has 1 aliphatic heterocycles. The highest BCUT2D eigenvalue weighted by molar-refractivity contribution is 5.75. The zero-order chi connectivity index (χ0) is 27.5. The Morgan fingerprint density at radius 1 is 0.949 bits per heavy atom. The van der Waals surface area contributed by atoms with Gasteiger partial charge in [0.05, 0.1) is 11.5 Å². The van der Waals surface area contributed by atoms with Crippen molar-refractivity contribution in [2.45, 2.75) is 52.0 Å². The minimum absolute atomic E-state index is 0.238. The molecule has 2 heterocycles. The van der Waals surface area contributed by atoms with Crippen LogP contribution in [-0.2, 0) is 24.1 Å². The molecule has 0 unspecified atom stereocenters. The zero-order valence-corrected chi connectivity index (χ0v) is 21.4. The van der Waals surface area contributed by atoms with Gasteiger partial charge in [-0.1, -0.05) is 29.4 Å². The van der Waals surface area contributed by atoms with Crippen LogP contribution in [0.25, 0.3) is 34.0 Å². The summed E-state index contributed by atoms with van der Waals surface area (Å²) in [7, 11) is 0. The minimum Gasteiger partial charge on any atom is -0.481 e. The summed E-state index contributed by atoms with van der Waals surface area (Å²) in [4.78, 5) is 18.1. The first-order valence-electron chi connectivity index (χ1n) is 12.8. The molecular formula is C30H26F3N3O3. The lowest BCUT2D eigenvalue weighted by Crippen LogP contribution is -2.44. The van der Waals surface area contributed by atoms with Gasteiger partial charge in [0.1, 0.15) is 0 Å². The molecule has 1 N–H and O–H groups in total. The van der Waals surface area contributed by atoms with Gasteiger partial charge in [-0.3, -0.25) is 9.69 Å². The van der Waals surface area contributed by atoms with E-state index in [9.17, 15) is 18.0 Å². The number of aromatic nitrogens is 2. The van der Waals surface area contributed by atoms with Gasteiger partial charge in [0, 0.05) is 30.3 Å². The Bertz CT molecular complexity index is 1560. The first-order valence-corrected chi connectivity index (χ1v) is 12.8. The van der Waals surface area contributed by atoms with E-state index in [1.165, 1.54) is 23.3 Å². The van der Waals surface area contributed by atoms with Crippen LogP contribution in [0, 0.1) is 19.8 Å². The van der Waals surface area contributed by atoms with Gasteiger partial charge in [-0.25, -0.2) is 0 Å². The molecule has 1 aliphatic carbocycles. The van der Waals surface area contributed by atoms with Crippen molar-refractivity contribution in [3.05, 3.63) is 82.4 Å². The van der Waals surface area contributed by atoms with Crippen LogP contribution in [0.15, 0.2) is 59.1 Å². The van der Waals surface area contributed by atoms with E-state index < -0.39 is 17.7 Å². The minimum atomic E-state index is -4.41. The number of hydrogen-bond donors (Lipinski definition) is 1. The van der Waals surface area contributed by atoms with Gasteiger partial charge in [-0.05, 0) is 90.4 Å². The molecule has 0 spiro atoms. The zero-order valence-electron chi connectivity index (χ0n) is 21.4. The van der Waals surface area contributed by atoms with Crippen LogP contribution in [0.1, 0.15) is 40.7 Å². The molecule has 2 aliphatic rings. The third kappa shape index (κ3) is 4.71. The predicted octanol–water partition coefficient (Wildman–Crippen LogP) is 6.89. The number of halogens is 3. The highest BCUT2D eigenvalue weighted by atomic mass is 19.4. The van der Waals surface area contributed by atoms with Gasteiger partial charge in [-0.15, -0.1) is 0 Å². The molecule has 6 rings (SSSR count). The number of nitrogens with zero attached hydrogens (tertiary/aromatic N) is 3. The number of fused-ring (bicyclic) bond motifs is 1. The number of aliphatic carboxylic acids is 1. The fourth-order valence-corrected chi connectivity index (χ4v) is 5.76. The molecule has 1 saturated carbocycles. The maximum Gasteiger partial charge on any atom is 0.416 e. The van der Waals surface area contributed by atoms with Gasteiger partial charge in [0.25, 0.3) is 5.89 Å². The van der Waals surface area contributed by atoms with Crippen LogP contribution in [0.5, 0.6) is 0 Å². The molecule has 1 aromatic heterocycles. The summed E-state index contributed by atoms with van der Waals surface area (Å²) in [5, 5.41) is 13.4. The standard InChI is InChI=1S/C30H26F3N3O3/c1-16-8-21(9-17(2)26(16)18-4-3-5-24(11-18)30(31,32)33)28-34-27(35-39-28)19-6-7-20-14-36(15-23(20)10-19)25-12-22(13-25)29(37)38/h3-11,22,25H,12-15H2,1-2H3,(H,37,38)/t22-,25-. The van der Waals surface area contributed by atoms with Crippen LogP contribution in [0.2, 0.25) is 0 Å². The number of carboxylic acids is 1. The summed E-state index contributed by atoms with van der Waals surface area (Å²) in [6.07, 6.45) is -3.03. The molecule has 0 saturated heterocycles. The third-order valence-corrected chi connectivity index (χ3v) is 7.87. The Kier molecular flexibility index (Phi) is 6.06. The first-order chi connectivity index (χ1) is 18.6. The maximum atomic E-state index is 13.3. The lowest BCUT2D eigenvalue weighted by molar-refractivity contribution is -0.147. The van der Waals surface area contributed by atoms with Crippen molar-refractivity contribution in [3.63, 3.8) is 0 Å². The molecular weight excluding hydrogens is 507 g/mol. The number of alkyl halides is 3. The van der Waals surface area contributed by atoms with Gasteiger partial charge < -0.3 is 9.63 Å². The summed E-state index contributed by atoms with van der Waals surface area (Å²) >= 11 is 0. The van der Waals surface area contributed by atoms with E-state index in [0.717, 1.165) is 41.4 Å². The van der Waals surface area contributed by atoms with Crippen LogP contribution in [0.4, 0.5) is 13.2 Å². The van der Waals surface area contributed by atoms with Crippen LogP contribution in [0.3, 0.4) is 0 Å². The maximum absolute atomic E-state index is 13.3. The lowest BCUT2D eigenvalue weighted by Gasteiger charge is -2.39. The number of carbonyl (C=O) groups is 1. The topological polar surface area (TPSA) is 79.5 Å². The van der Waals surface area contributed by atoms with Crippen LogP contribution >= 0.6 is 0 Å². The second kappa shape index (κ2) is 9.34. The average Bonchev–Trinajstić information content (AvgIpc) is 3.49. The molecule has 9 heteroatoms. The van der Waals surface area contributed by atoms with E-state index in [4.69, 9.17) is 9.63 Å². The average molecular weight is 534 g/mol. The Morgan fingerprint density at radius 2 is 1.67 bits per heavy atom. The predicted molar refractivity (Wildman–Crippen MR) is 138 cm³/mol. The van der Waals surface area contributed by atoms with Crippen molar-refractivity contribution in [1.29, 1.82) is 0 Å². The Hall–Kier alpha value is -3.98. The number of aryl methyl sites for hydroxylation is 2. The summed E-state index contributed by atoms with van der Waals surface area (Å²) in [6, 6.07) is 15.4. The molecule has 0 amide bonds. The normalized spacial score (nSPS) is 19.1. The number of carboxylic acid groups (broad SMARTS) is 1. The summed E-state index contributed by atoms with van der Waals surface area (Å²) in [5.74, 6) is -0.159. The van der Waals surface area contributed by atoms with Crippen molar-refractivity contribution in [2.75, 3.05) is 0 Å². The van der Waals surface area contributed by atoms with Gasteiger partial charge in [-0.2, -0.15) is 18.2 Å². The lowest BCUT2D eigenvalue weighted by atomic mass is 9.79. The molecule has 200 valence electrons. The SMILES string of the molecule is Cc1cc(-c2nc(-c3ccc4c(c3)CN([C@H]3C[C@H](C(=O)O)C3)C4)no2)cc(C)c1-c1cccc(C(F)(F)F)c1. The van der Waals surface area contributed by atoms with Crippen molar-refractivity contribution < 1.29 is 27.6 Å². The first kappa shape index (κ1) is 25.3. The molecule has 6 nitrogen and oxygen atoms in total. The highest BCUT2D eigenvalue weighted by Gasteiger charge is 2.39. The second-order valence-corrected chi connectivity index (χ2v) is 10.5. The van der Waals surface area contributed by atoms with Crippen LogP contribution < -0.4 is 0 Å². The van der Waals surface area contributed by atoms with E-state index in [0.29, 0.717) is 41.7 Å².